The van der Waals surface area contributed by atoms with Crippen molar-refractivity contribution in [3.05, 3.63) is 71.8 Å². The maximum Gasteiger partial charge on any atom is 0.191 e. The zero-order chi connectivity index (χ0) is 19.6. The summed E-state index contributed by atoms with van der Waals surface area (Å²) in [6, 6.07) is 21.6. The molecule has 3 rings (SSSR count). The van der Waals surface area contributed by atoms with E-state index in [2.05, 4.69) is 83.2 Å². The zero-order valence-corrected chi connectivity index (χ0v) is 17.1. The first-order valence-corrected chi connectivity index (χ1v) is 10.4. The van der Waals surface area contributed by atoms with Crippen molar-refractivity contribution in [3.8, 4) is 0 Å². The fraction of sp³-hybridized carbons (Fsp3) is 0.458. The maximum absolute atomic E-state index is 6.11. The predicted molar refractivity (Wildman–Crippen MR) is 117 cm³/mol. The van der Waals surface area contributed by atoms with Gasteiger partial charge in [-0.25, -0.2) is 0 Å². The molecule has 3 atom stereocenters. The molecule has 0 aromatic heterocycles. The van der Waals surface area contributed by atoms with Gasteiger partial charge in [-0.2, -0.15) is 0 Å². The molecule has 150 valence electrons. The highest BCUT2D eigenvalue weighted by molar-refractivity contribution is 5.79. The van der Waals surface area contributed by atoms with Crippen LogP contribution in [0.4, 0.5) is 0 Å². The molecule has 0 saturated carbocycles. The molecule has 0 aliphatic carbocycles. The van der Waals surface area contributed by atoms with Crippen molar-refractivity contribution in [2.24, 2.45) is 10.9 Å². The SMILES string of the molecule is CN=C(NCC1CCCOC1c1ccccc1)NC(C)CCc1ccccc1. The van der Waals surface area contributed by atoms with Crippen LogP contribution >= 0.6 is 0 Å². The molecule has 0 amide bonds. The molecule has 1 heterocycles. The summed E-state index contributed by atoms with van der Waals surface area (Å²) in [6.45, 7) is 3.93. The summed E-state index contributed by atoms with van der Waals surface area (Å²) in [7, 11) is 1.84. The first-order valence-electron chi connectivity index (χ1n) is 10.4. The van der Waals surface area contributed by atoms with Crippen molar-refractivity contribution in [1.29, 1.82) is 0 Å². The van der Waals surface area contributed by atoms with Crippen molar-refractivity contribution in [3.63, 3.8) is 0 Å². The van der Waals surface area contributed by atoms with Gasteiger partial charge < -0.3 is 15.4 Å². The van der Waals surface area contributed by atoms with Crippen LogP contribution in [0.15, 0.2) is 65.7 Å². The number of aliphatic imine (C=N–C) groups is 1. The van der Waals surface area contributed by atoms with E-state index < -0.39 is 0 Å². The van der Waals surface area contributed by atoms with Gasteiger partial charge in [0.25, 0.3) is 0 Å². The van der Waals surface area contributed by atoms with Gasteiger partial charge in [-0.05, 0) is 43.7 Å². The molecule has 3 unspecified atom stereocenters. The van der Waals surface area contributed by atoms with Crippen LogP contribution in [0.5, 0.6) is 0 Å². The summed E-state index contributed by atoms with van der Waals surface area (Å²) in [4.78, 5) is 4.42. The van der Waals surface area contributed by atoms with Gasteiger partial charge in [0.2, 0.25) is 0 Å². The number of guanidine groups is 1. The molecular weight excluding hydrogens is 346 g/mol. The average molecular weight is 380 g/mol. The van der Waals surface area contributed by atoms with Crippen LogP contribution in [0.2, 0.25) is 0 Å². The summed E-state index contributed by atoms with van der Waals surface area (Å²) in [5, 5.41) is 7.06. The lowest BCUT2D eigenvalue weighted by Crippen LogP contribution is -2.45. The topological polar surface area (TPSA) is 45.7 Å². The maximum atomic E-state index is 6.11. The minimum absolute atomic E-state index is 0.163. The van der Waals surface area contributed by atoms with Gasteiger partial charge in [-0.15, -0.1) is 0 Å². The Kier molecular flexibility index (Phi) is 7.92. The van der Waals surface area contributed by atoms with Crippen LogP contribution in [-0.2, 0) is 11.2 Å². The standard InChI is InChI=1S/C24H33N3O/c1-19(15-16-20-10-5-3-6-11-20)27-24(25-2)26-18-22-14-9-17-28-23(22)21-12-7-4-8-13-21/h3-8,10-13,19,22-23H,9,14-18H2,1-2H3,(H2,25,26,27). The Hall–Kier alpha value is -2.33. The summed E-state index contributed by atoms with van der Waals surface area (Å²) in [6.07, 6.45) is 4.60. The number of hydrogen-bond acceptors (Lipinski definition) is 2. The van der Waals surface area contributed by atoms with E-state index in [0.717, 1.165) is 38.4 Å². The minimum atomic E-state index is 0.163. The number of ether oxygens (including phenoxy) is 1. The normalized spacial score (nSPS) is 21.1. The van der Waals surface area contributed by atoms with E-state index in [4.69, 9.17) is 4.74 Å². The third kappa shape index (κ3) is 6.10. The Bertz CT molecular complexity index is 717. The summed E-state index contributed by atoms with van der Waals surface area (Å²) in [5.41, 5.74) is 2.65. The highest BCUT2D eigenvalue weighted by atomic mass is 16.5. The first-order chi connectivity index (χ1) is 13.8. The van der Waals surface area contributed by atoms with E-state index in [1.165, 1.54) is 17.5 Å². The molecule has 2 N–H and O–H groups in total. The molecule has 1 saturated heterocycles. The Morgan fingerprint density at radius 1 is 1.11 bits per heavy atom. The number of hydrogen-bond donors (Lipinski definition) is 2. The van der Waals surface area contributed by atoms with Crippen LogP contribution in [0.1, 0.15) is 43.4 Å². The zero-order valence-electron chi connectivity index (χ0n) is 17.1. The van der Waals surface area contributed by atoms with Crippen molar-refractivity contribution < 1.29 is 4.74 Å². The fourth-order valence-electron chi connectivity index (χ4n) is 3.82. The molecular formula is C24H33N3O. The van der Waals surface area contributed by atoms with Crippen LogP contribution in [0.3, 0.4) is 0 Å². The monoisotopic (exact) mass is 379 g/mol. The van der Waals surface area contributed by atoms with E-state index in [0.29, 0.717) is 12.0 Å². The van der Waals surface area contributed by atoms with E-state index >= 15 is 0 Å². The number of benzene rings is 2. The average Bonchev–Trinajstić information content (AvgIpc) is 2.76. The third-order valence-electron chi connectivity index (χ3n) is 5.42. The third-order valence-corrected chi connectivity index (χ3v) is 5.42. The smallest absolute Gasteiger partial charge is 0.191 e. The predicted octanol–water partition coefficient (Wildman–Crippen LogP) is 4.34. The molecule has 0 bridgehead atoms. The summed E-state index contributed by atoms with van der Waals surface area (Å²) < 4.78 is 6.11. The van der Waals surface area contributed by atoms with Gasteiger partial charge in [0.1, 0.15) is 0 Å². The number of nitrogens with one attached hydrogen (secondary N) is 2. The van der Waals surface area contributed by atoms with Crippen molar-refractivity contribution in [2.75, 3.05) is 20.2 Å². The van der Waals surface area contributed by atoms with Crippen molar-refractivity contribution >= 4 is 5.96 Å². The van der Waals surface area contributed by atoms with Gasteiger partial charge in [-0.3, -0.25) is 4.99 Å². The highest BCUT2D eigenvalue weighted by Crippen LogP contribution is 2.33. The van der Waals surface area contributed by atoms with E-state index in [9.17, 15) is 0 Å². The summed E-state index contributed by atoms with van der Waals surface area (Å²) in [5.74, 6) is 1.33. The molecule has 4 nitrogen and oxygen atoms in total. The second kappa shape index (κ2) is 10.9. The lowest BCUT2D eigenvalue weighted by molar-refractivity contribution is -0.0265. The molecule has 0 spiro atoms. The largest absolute Gasteiger partial charge is 0.373 e. The minimum Gasteiger partial charge on any atom is -0.373 e. The second-order valence-corrected chi connectivity index (χ2v) is 7.63. The van der Waals surface area contributed by atoms with Gasteiger partial charge >= 0.3 is 0 Å². The molecule has 1 aliphatic rings. The van der Waals surface area contributed by atoms with Gasteiger partial charge in [-0.1, -0.05) is 60.7 Å². The van der Waals surface area contributed by atoms with Gasteiger partial charge in [0.15, 0.2) is 5.96 Å². The van der Waals surface area contributed by atoms with Crippen molar-refractivity contribution in [1.82, 2.24) is 10.6 Å². The number of nitrogens with zero attached hydrogens (tertiary/aromatic N) is 1. The Labute approximate surface area is 169 Å². The number of aryl methyl sites for hydroxylation is 1. The second-order valence-electron chi connectivity index (χ2n) is 7.63. The molecule has 2 aromatic rings. The highest BCUT2D eigenvalue weighted by Gasteiger charge is 2.27. The van der Waals surface area contributed by atoms with E-state index in [1.807, 2.05) is 7.05 Å². The lowest BCUT2D eigenvalue weighted by Gasteiger charge is -2.33. The van der Waals surface area contributed by atoms with Crippen LogP contribution in [0.25, 0.3) is 0 Å². The van der Waals surface area contributed by atoms with Crippen molar-refractivity contribution in [2.45, 2.75) is 44.8 Å². The van der Waals surface area contributed by atoms with E-state index in [1.54, 1.807) is 0 Å². The molecule has 0 radical (unpaired) electrons. The van der Waals surface area contributed by atoms with Gasteiger partial charge in [0.05, 0.1) is 6.10 Å². The summed E-state index contributed by atoms with van der Waals surface area (Å²) >= 11 is 0. The quantitative estimate of drug-likeness (QED) is 0.556. The molecule has 1 aliphatic heterocycles. The van der Waals surface area contributed by atoms with Crippen LogP contribution < -0.4 is 10.6 Å². The molecule has 4 heteroatoms. The Balaban J connectivity index is 1.48. The molecule has 1 fully saturated rings. The first kappa shape index (κ1) is 20.4. The fourth-order valence-corrected chi connectivity index (χ4v) is 3.82. The van der Waals surface area contributed by atoms with Crippen LogP contribution in [0, 0.1) is 5.92 Å². The Morgan fingerprint density at radius 2 is 1.82 bits per heavy atom. The lowest BCUT2D eigenvalue weighted by atomic mass is 9.89. The molecule has 28 heavy (non-hydrogen) atoms. The van der Waals surface area contributed by atoms with Crippen LogP contribution in [-0.4, -0.2) is 32.2 Å². The number of rotatable bonds is 7. The van der Waals surface area contributed by atoms with Gasteiger partial charge in [0, 0.05) is 32.2 Å². The van der Waals surface area contributed by atoms with E-state index in [-0.39, 0.29) is 6.10 Å². The Morgan fingerprint density at radius 3 is 2.54 bits per heavy atom. The molecule has 2 aromatic carbocycles.